The number of carbonyl (C=O) groups excluding carboxylic acids is 1. The zero-order chi connectivity index (χ0) is 23.8. The van der Waals surface area contributed by atoms with Crippen molar-refractivity contribution in [3.8, 4) is 11.5 Å². The number of benzene rings is 3. The van der Waals surface area contributed by atoms with Crippen LogP contribution in [0.2, 0.25) is 0 Å². The number of hydrogen-bond donors (Lipinski definition) is 1. The maximum atomic E-state index is 12.7. The van der Waals surface area contributed by atoms with Gasteiger partial charge in [0.1, 0.15) is 18.1 Å². The summed E-state index contributed by atoms with van der Waals surface area (Å²) in [6.45, 7) is 5.12. The molecule has 3 aromatic rings. The number of para-hydroxylation sites is 1. The van der Waals surface area contributed by atoms with Crippen LogP contribution in [0.25, 0.3) is 0 Å². The summed E-state index contributed by atoms with van der Waals surface area (Å²) >= 11 is 0. The Morgan fingerprint density at radius 2 is 1.61 bits per heavy atom. The minimum absolute atomic E-state index is 0.125. The van der Waals surface area contributed by atoms with Gasteiger partial charge in [0.2, 0.25) is 0 Å². The number of likely N-dealkylation sites (N-methyl/N-ethyl adjacent to an activating group) is 1. The largest absolute Gasteiger partial charge is 0.494 e. The molecule has 0 aliphatic heterocycles. The highest BCUT2D eigenvalue weighted by Gasteiger charge is 2.16. The molecule has 0 saturated carbocycles. The fourth-order valence-corrected chi connectivity index (χ4v) is 4.17. The van der Waals surface area contributed by atoms with Crippen LogP contribution in [0.1, 0.15) is 22.8 Å². The molecule has 0 aliphatic rings. The van der Waals surface area contributed by atoms with E-state index in [0.29, 0.717) is 36.8 Å². The second-order valence-corrected chi connectivity index (χ2v) is 9.11. The normalized spacial score (nSPS) is 11.0. The van der Waals surface area contributed by atoms with E-state index in [1.54, 1.807) is 48.3 Å². The first-order chi connectivity index (χ1) is 15.8. The van der Waals surface area contributed by atoms with Crippen LogP contribution in [0.3, 0.4) is 0 Å². The van der Waals surface area contributed by atoms with Gasteiger partial charge in [0, 0.05) is 18.3 Å². The molecule has 0 saturated heterocycles. The van der Waals surface area contributed by atoms with Gasteiger partial charge in [-0.2, -0.15) is 0 Å². The molecular formula is C25H28N2O5S. The lowest BCUT2D eigenvalue weighted by atomic mass is 10.2. The van der Waals surface area contributed by atoms with E-state index < -0.39 is 10.0 Å². The van der Waals surface area contributed by atoms with Gasteiger partial charge in [0.15, 0.2) is 0 Å². The van der Waals surface area contributed by atoms with Crippen LogP contribution in [-0.2, 0) is 10.0 Å². The van der Waals surface area contributed by atoms with E-state index in [2.05, 4.69) is 4.72 Å². The van der Waals surface area contributed by atoms with E-state index in [4.69, 9.17) is 9.47 Å². The van der Waals surface area contributed by atoms with E-state index >= 15 is 0 Å². The van der Waals surface area contributed by atoms with E-state index in [0.717, 1.165) is 11.3 Å². The fourth-order valence-electron chi connectivity index (χ4n) is 3.11. The summed E-state index contributed by atoms with van der Waals surface area (Å²) in [4.78, 5) is 14.4. The summed E-state index contributed by atoms with van der Waals surface area (Å²) in [5, 5.41) is 0. The fraction of sp³-hybridized carbons (Fsp3) is 0.240. The third-order valence-electron chi connectivity index (χ3n) is 4.95. The monoisotopic (exact) mass is 468 g/mol. The van der Waals surface area contributed by atoms with Gasteiger partial charge in [-0.25, -0.2) is 8.42 Å². The zero-order valence-corrected chi connectivity index (χ0v) is 19.8. The average Bonchev–Trinajstić information content (AvgIpc) is 2.80. The lowest BCUT2D eigenvalue weighted by Gasteiger charge is -2.18. The van der Waals surface area contributed by atoms with Crippen molar-refractivity contribution >= 4 is 21.6 Å². The van der Waals surface area contributed by atoms with Crippen LogP contribution in [0.4, 0.5) is 5.69 Å². The number of rotatable bonds is 10. The summed E-state index contributed by atoms with van der Waals surface area (Å²) < 4.78 is 38.8. The summed E-state index contributed by atoms with van der Waals surface area (Å²) in [5.74, 6) is 1.22. The Balaban J connectivity index is 1.57. The Kier molecular flexibility index (Phi) is 7.95. The van der Waals surface area contributed by atoms with Crippen LogP contribution >= 0.6 is 0 Å². The van der Waals surface area contributed by atoms with Crippen LogP contribution in [-0.4, -0.2) is 46.0 Å². The molecule has 0 unspecified atom stereocenters. The van der Waals surface area contributed by atoms with E-state index in [1.165, 1.54) is 12.1 Å². The third kappa shape index (κ3) is 6.49. The van der Waals surface area contributed by atoms with Crippen LogP contribution in [0.5, 0.6) is 11.5 Å². The molecule has 0 spiro atoms. The molecule has 0 atom stereocenters. The molecular weight excluding hydrogens is 440 g/mol. The molecule has 0 fully saturated rings. The number of sulfonamides is 1. The van der Waals surface area contributed by atoms with Crippen molar-refractivity contribution in [1.29, 1.82) is 0 Å². The van der Waals surface area contributed by atoms with Gasteiger partial charge in [-0.1, -0.05) is 18.2 Å². The number of amides is 1. The van der Waals surface area contributed by atoms with Crippen LogP contribution < -0.4 is 14.2 Å². The predicted octanol–water partition coefficient (Wildman–Crippen LogP) is 4.35. The minimum atomic E-state index is -3.75. The van der Waals surface area contributed by atoms with Crippen molar-refractivity contribution in [1.82, 2.24) is 4.90 Å². The molecule has 0 aromatic heterocycles. The summed E-state index contributed by atoms with van der Waals surface area (Å²) in [7, 11) is -2.05. The van der Waals surface area contributed by atoms with Gasteiger partial charge in [0.05, 0.1) is 18.0 Å². The number of aryl methyl sites for hydroxylation is 1. The van der Waals surface area contributed by atoms with Crippen LogP contribution in [0, 0.1) is 6.92 Å². The van der Waals surface area contributed by atoms with Crippen molar-refractivity contribution in [2.45, 2.75) is 18.7 Å². The van der Waals surface area contributed by atoms with E-state index in [-0.39, 0.29) is 10.8 Å². The van der Waals surface area contributed by atoms with Crippen molar-refractivity contribution in [2.24, 2.45) is 0 Å². The molecule has 1 N–H and O–H groups in total. The van der Waals surface area contributed by atoms with E-state index in [9.17, 15) is 13.2 Å². The van der Waals surface area contributed by atoms with Gasteiger partial charge in [0.25, 0.3) is 15.9 Å². The molecule has 3 rings (SSSR count). The van der Waals surface area contributed by atoms with Crippen molar-refractivity contribution in [3.63, 3.8) is 0 Å². The Labute approximate surface area is 195 Å². The SMILES string of the molecule is CCOc1ccc(S(=O)(=O)Nc2ccc(C(=O)N(C)CCOc3ccccc3C)cc2)cc1. The highest BCUT2D eigenvalue weighted by molar-refractivity contribution is 7.92. The molecule has 174 valence electrons. The van der Waals surface area contributed by atoms with Gasteiger partial charge >= 0.3 is 0 Å². The van der Waals surface area contributed by atoms with Gasteiger partial charge in [-0.05, 0) is 74.0 Å². The number of ether oxygens (including phenoxy) is 2. The molecule has 0 aliphatic carbocycles. The number of nitrogens with zero attached hydrogens (tertiary/aromatic N) is 1. The molecule has 0 heterocycles. The Hall–Kier alpha value is -3.52. The number of nitrogens with one attached hydrogen (secondary N) is 1. The maximum absolute atomic E-state index is 12.7. The first kappa shape index (κ1) is 24.1. The summed E-state index contributed by atoms with van der Waals surface area (Å²) in [6, 6.07) is 20.2. The molecule has 7 nitrogen and oxygen atoms in total. The second kappa shape index (κ2) is 10.9. The van der Waals surface area contributed by atoms with Crippen LogP contribution in [0.15, 0.2) is 77.7 Å². The second-order valence-electron chi connectivity index (χ2n) is 7.43. The summed E-state index contributed by atoms with van der Waals surface area (Å²) in [5.41, 5.74) is 1.86. The first-order valence-electron chi connectivity index (χ1n) is 10.6. The van der Waals surface area contributed by atoms with Crippen molar-refractivity contribution in [2.75, 3.05) is 31.5 Å². The molecule has 0 radical (unpaired) electrons. The minimum Gasteiger partial charge on any atom is -0.494 e. The lowest BCUT2D eigenvalue weighted by molar-refractivity contribution is 0.0773. The Morgan fingerprint density at radius 1 is 0.939 bits per heavy atom. The smallest absolute Gasteiger partial charge is 0.261 e. The molecule has 8 heteroatoms. The topological polar surface area (TPSA) is 84.9 Å². The maximum Gasteiger partial charge on any atom is 0.261 e. The zero-order valence-electron chi connectivity index (χ0n) is 18.9. The standard InChI is InChI=1S/C25H28N2O5S/c1-4-31-22-13-15-23(16-14-22)33(29,30)26-21-11-9-20(10-12-21)25(28)27(3)17-18-32-24-8-6-5-7-19(24)2/h5-16,26H,4,17-18H2,1-3H3. The third-order valence-corrected chi connectivity index (χ3v) is 6.35. The predicted molar refractivity (Wildman–Crippen MR) is 128 cm³/mol. The molecule has 3 aromatic carbocycles. The Bertz CT molecular complexity index is 1180. The van der Waals surface area contributed by atoms with Gasteiger partial charge in [-0.3, -0.25) is 9.52 Å². The number of carbonyl (C=O) groups is 1. The lowest BCUT2D eigenvalue weighted by Crippen LogP contribution is -2.30. The van der Waals surface area contributed by atoms with E-state index in [1.807, 2.05) is 38.1 Å². The molecule has 33 heavy (non-hydrogen) atoms. The highest BCUT2D eigenvalue weighted by Crippen LogP contribution is 2.20. The van der Waals surface area contributed by atoms with Gasteiger partial charge in [-0.15, -0.1) is 0 Å². The van der Waals surface area contributed by atoms with Gasteiger partial charge < -0.3 is 14.4 Å². The van der Waals surface area contributed by atoms with Crippen molar-refractivity contribution in [3.05, 3.63) is 83.9 Å². The quantitative estimate of drug-likeness (QED) is 0.478. The molecule has 0 bridgehead atoms. The molecule has 1 amide bonds. The number of anilines is 1. The highest BCUT2D eigenvalue weighted by atomic mass is 32.2. The number of hydrogen-bond acceptors (Lipinski definition) is 5. The van der Waals surface area contributed by atoms with Crippen molar-refractivity contribution < 1.29 is 22.7 Å². The first-order valence-corrected chi connectivity index (χ1v) is 12.1. The summed E-state index contributed by atoms with van der Waals surface area (Å²) in [6.07, 6.45) is 0. The average molecular weight is 469 g/mol. The Morgan fingerprint density at radius 3 is 2.24 bits per heavy atom.